The van der Waals surface area contributed by atoms with Gasteiger partial charge in [-0.25, -0.2) is 9.37 Å². The second kappa shape index (κ2) is 9.91. The lowest BCUT2D eigenvalue weighted by Gasteiger charge is -2.23. The van der Waals surface area contributed by atoms with E-state index in [1.807, 2.05) is 35.2 Å². The third-order valence-corrected chi connectivity index (χ3v) is 5.82. The zero-order valence-corrected chi connectivity index (χ0v) is 18.9. The Hall–Kier alpha value is -3.26. The first kappa shape index (κ1) is 22.0. The van der Waals surface area contributed by atoms with Gasteiger partial charge in [0, 0.05) is 41.8 Å². The van der Waals surface area contributed by atoms with Gasteiger partial charge in [-0.3, -0.25) is 9.59 Å². The molecule has 0 unspecified atom stereocenters. The van der Waals surface area contributed by atoms with E-state index in [0.29, 0.717) is 30.9 Å². The van der Waals surface area contributed by atoms with Crippen molar-refractivity contribution in [2.75, 3.05) is 36.4 Å². The number of amides is 2. The summed E-state index contributed by atoms with van der Waals surface area (Å²) in [5.41, 5.74) is 1.46. The number of aromatic nitrogens is 1. The SMILES string of the molecule is O=C(Nc1ccc(N2CCCN(C(=O)c3ccc(Br)cc3)CC2)nc1)c1cccc(F)c1. The molecule has 8 heteroatoms. The molecule has 3 aromatic rings. The van der Waals surface area contributed by atoms with Crippen LogP contribution in [0.25, 0.3) is 0 Å². The molecule has 6 nitrogen and oxygen atoms in total. The minimum Gasteiger partial charge on any atom is -0.355 e. The third-order valence-electron chi connectivity index (χ3n) is 5.29. The quantitative estimate of drug-likeness (QED) is 0.573. The Morgan fingerprint density at radius 1 is 0.938 bits per heavy atom. The summed E-state index contributed by atoms with van der Waals surface area (Å²) in [7, 11) is 0. The zero-order valence-electron chi connectivity index (χ0n) is 17.3. The van der Waals surface area contributed by atoms with Crippen LogP contribution in [0.4, 0.5) is 15.9 Å². The molecule has 0 aliphatic carbocycles. The lowest BCUT2D eigenvalue weighted by molar-refractivity contribution is 0.0767. The molecule has 2 heterocycles. The average Bonchev–Trinajstić information content (AvgIpc) is 3.06. The van der Waals surface area contributed by atoms with Gasteiger partial charge >= 0.3 is 0 Å². The molecule has 1 N–H and O–H groups in total. The number of carbonyl (C=O) groups is 2. The standard InChI is InChI=1S/C24H22BrFN4O2/c25-19-7-5-17(6-8-19)24(32)30-12-2-11-29(13-14-30)22-10-9-21(16-27-22)28-23(31)18-3-1-4-20(26)15-18/h1,3-10,15-16H,2,11-14H2,(H,28,31). The van der Waals surface area contributed by atoms with Crippen LogP contribution in [0.1, 0.15) is 27.1 Å². The van der Waals surface area contributed by atoms with Crippen LogP contribution in [0.5, 0.6) is 0 Å². The molecule has 2 aromatic carbocycles. The van der Waals surface area contributed by atoms with E-state index in [2.05, 4.69) is 31.1 Å². The Labute approximate surface area is 194 Å². The molecule has 1 aromatic heterocycles. The fraction of sp³-hybridized carbons (Fsp3) is 0.208. The van der Waals surface area contributed by atoms with Crippen molar-refractivity contribution >= 4 is 39.2 Å². The van der Waals surface area contributed by atoms with Crippen LogP contribution in [0.3, 0.4) is 0 Å². The van der Waals surface area contributed by atoms with Crippen LogP contribution >= 0.6 is 15.9 Å². The maximum absolute atomic E-state index is 13.3. The fourth-order valence-corrected chi connectivity index (χ4v) is 3.87. The number of hydrogen-bond donors (Lipinski definition) is 1. The number of carbonyl (C=O) groups excluding carboxylic acids is 2. The van der Waals surface area contributed by atoms with Crippen LogP contribution in [0.15, 0.2) is 71.3 Å². The second-order valence-electron chi connectivity index (χ2n) is 7.51. The molecule has 32 heavy (non-hydrogen) atoms. The van der Waals surface area contributed by atoms with Gasteiger partial charge in [0.1, 0.15) is 11.6 Å². The van der Waals surface area contributed by atoms with E-state index in [1.165, 1.54) is 18.2 Å². The molecule has 2 amide bonds. The number of anilines is 2. The summed E-state index contributed by atoms with van der Waals surface area (Å²) in [6.45, 7) is 2.75. The number of hydrogen-bond acceptors (Lipinski definition) is 4. The summed E-state index contributed by atoms with van der Waals surface area (Å²) in [5, 5.41) is 2.73. The predicted octanol–water partition coefficient (Wildman–Crippen LogP) is 4.59. The molecule has 0 saturated carbocycles. The number of pyridine rings is 1. The highest BCUT2D eigenvalue weighted by molar-refractivity contribution is 9.10. The summed E-state index contributed by atoms with van der Waals surface area (Å²) in [6.07, 6.45) is 2.42. The molecular weight excluding hydrogens is 475 g/mol. The third kappa shape index (κ3) is 5.31. The Morgan fingerprint density at radius 3 is 2.47 bits per heavy atom. The van der Waals surface area contributed by atoms with Crippen LogP contribution < -0.4 is 10.2 Å². The van der Waals surface area contributed by atoms with Crippen molar-refractivity contribution < 1.29 is 14.0 Å². The molecule has 1 aliphatic rings. The molecule has 0 atom stereocenters. The minimum atomic E-state index is -0.458. The lowest BCUT2D eigenvalue weighted by Crippen LogP contribution is -2.35. The fourth-order valence-electron chi connectivity index (χ4n) is 3.60. The highest BCUT2D eigenvalue weighted by atomic mass is 79.9. The Balaban J connectivity index is 1.36. The predicted molar refractivity (Wildman–Crippen MR) is 125 cm³/mol. The number of halogens is 2. The summed E-state index contributed by atoms with van der Waals surface area (Å²) in [6, 6.07) is 16.5. The first-order chi connectivity index (χ1) is 15.5. The van der Waals surface area contributed by atoms with Crippen molar-refractivity contribution in [1.82, 2.24) is 9.88 Å². The number of nitrogens with zero attached hydrogens (tertiary/aromatic N) is 3. The van der Waals surface area contributed by atoms with Gasteiger partial charge in [0.25, 0.3) is 11.8 Å². The number of benzene rings is 2. The molecule has 4 rings (SSSR count). The van der Waals surface area contributed by atoms with E-state index in [1.54, 1.807) is 18.3 Å². The van der Waals surface area contributed by atoms with Crippen molar-refractivity contribution in [1.29, 1.82) is 0 Å². The lowest BCUT2D eigenvalue weighted by atomic mass is 10.2. The highest BCUT2D eigenvalue weighted by Gasteiger charge is 2.21. The van der Waals surface area contributed by atoms with Gasteiger partial charge in [-0.1, -0.05) is 22.0 Å². The van der Waals surface area contributed by atoms with E-state index < -0.39 is 11.7 Å². The van der Waals surface area contributed by atoms with Crippen molar-refractivity contribution in [2.24, 2.45) is 0 Å². The zero-order chi connectivity index (χ0) is 22.5. The van der Waals surface area contributed by atoms with Gasteiger partial charge in [0.15, 0.2) is 0 Å². The van der Waals surface area contributed by atoms with E-state index in [4.69, 9.17) is 0 Å². The maximum Gasteiger partial charge on any atom is 0.255 e. The first-order valence-corrected chi connectivity index (χ1v) is 11.1. The van der Waals surface area contributed by atoms with Crippen LogP contribution in [0, 0.1) is 5.82 Å². The van der Waals surface area contributed by atoms with Crippen molar-refractivity contribution in [3.05, 3.63) is 88.3 Å². The second-order valence-corrected chi connectivity index (χ2v) is 8.42. The minimum absolute atomic E-state index is 0.0303. The molecular formula is C24H22BrFN4O2. The first-order valence-electron chi connectivity index (χ1n) is 10.3. The van der Waals surface area contributed by atoms with E-state index in [9.17, 15) is 14.0 Å². The molecule has 0 spiro atoms. The number of nitrogens with one attached hydrogen (secondary N) is 1. The van der Waals surface area contributed by atoms with E-state index in [-0.39, 0.29) is 11.5 Å². The van der Waals surface area contributed by atoms with E-state index >= 15 is 0 Å². The molecule has 1 saturated heterocycles. The molecule has 1 fully saturated rings. The van der Waals surface area contributed by atoms with Gasteiger partial charge in [-0.2, -0.15) is 0 Å². The smallest absolute Gasteiger partial charge is 0.255 e. The summed E-state index contributed by atoms with van der Waals surface area (Å²) in [5.74, 6) is -0.0368. The Kier molecular flexibility index (Phi) is 6.80. The van der Waals surface area contributed by atoms with Gasteiger partial charge in [0.2, 0.25) is 0 Å². The van der Waals surface area contributed by atoms with Gasteiger partial charge in [-0.05, 0) is 61.0 Å². The normalized spacial score (nSPS) is 14.1. The van der Waals surface area contributed by atoms with Gasteiger partial charge < -0.3 is 15.1 Å². The Bertz CT molecular complexity index is 1110. The topological polar surface area (TPSA) is 65.5 Å². The molecule has 0 bridgehead atoms. The average molecular weight is 497 g/mol. The molecule has 1 aliphatic heterocycles. The Morgan fingerprint density at radius 2 is 1.75 bits per heavy atom. The highest BCUT2D eigenvalue weighted by Crippen LogP contribution is 2.19. The van der Waals surface area contributed by atoms with Crippen molar-refractivity contribution in [3.63, 3.8) is 0 Å². The number of rotatable bonds is 4. The van der Waals surface area contributed by atoms with E-state index in [0.717, 1.165) is 23.3 Å². The summed E-state index contributed by atoms with van der Waals surface area (Å²) in [4.78, 5) is 33.6. The monoisotopic (exact) mass is 496 g/mol. The van der Waals surface area contributed by atoms with Crippen molar-refractivity contribution in [3.8, 4) is 0 Å². The van der Waals surface area contributed by atoms with Crippen LogP contribution in [0.2, 0.25) is 0 Å². The van der Waals surface area contributed by atoms with Crippen LogP contribution in [-0.4, -0.2) is 47.9 Å². The van der Waals surface area contributed by atoms with Crippen LogP contribution in [-0.2, 0) is 0 Å². The molecule has 0 radical (unpaired) electrons. The molecule has 164 valence electrons. The maximum atomic E-state index is 13.3. The summed E-state index contributed by atoms with van der Waals surface area (Å²) < 4.78 is 14.3. The van der Waals surface area contributed by atoms with Gasteiger partial charge in [-0.15, -0.1) is 0 Å². The summed E-state index contributed by atoms with van der Waals surface area (Å²) >= 11 is 3.39. The van der Waals surface area contributed by atoms with Crippen molar-refractivity contribution in [2.45, 2.75) is 6.42 Å². The van der Waals surface area contributed by atoms with Gasteiger partial charge in [0.05, 0.1) is 11.9 Å². The largest absolute Gasteiger partial charge is 0.355 e.